The van der Waals surface area contributed by atoms with Crippen LogP contribution in [-0.4, -0.2) is 68.4 Å². The molecule has 1 N–H and O–H groups in total. The number of halogens is 1. The summed E-state index contributed by atoms with van der Waals surface area (Å²) in [5.74, 6) is -0.0549. The van der Waals surface area contributed by atoms with E-state index in [9.17, 15) is 13.2 Å². The van der Waals surface area contributed by atoms with Crippen LogP contribution in [0.25, 0.3) is 0 Å². The van der Waals surface area contributed by atoms with Gasteiger partial charge in [0.1, 0.15) is 0 Å². The van der Waals surface area contributed by atoms with Crippen molar-refractivity contribution in [3.8, 4) is 0 Å². The van der Waals surface area contributed by atoms with Gasteiger partial charge in [-0.05, 0) is 43.2 Å². The minimum atomic E-state index is -3.68. The molecule has 1 aromatic heterocycles. The predicted molar refractivity (Wildman–Crippen MR) is 121 cm³/mol. The van der Waals surface area contributed by atoms with E-state index in [1.54, 1.807) is 17.0 Å². The van der Waals surface area contributed by atoms with Gasteiger partial charge in [0.2, 0.25) is 15.9 Å². The third-order valence-electron chi connectivity index (χ3n) is 5.65. The van der Waals surface area contributed by atoms with Crippen molar-refractivity contribution in [2.45, 2.75) is 36.6 Å². The molecule has 0 aliphatic carbocycles. The zero-order chi connectivity index (χ0) is 22.3. The van der Waals surface area contributed by atoms with Crippen molar-refractivity contribution in [1.29, 1.82) is 0 Å². The zero-order valence-corrected chi connectivity index (χ0v) is 19.3. The highest BCUT2D eigenvalue weighted by atomic mass is 35.5. The summed E-state index contributed by atoms with van der Waals surface area (Å²) in [5, 5.41) is 0.352. The SMILES string of the molecule is CN(C(=O)CCNS(=O)(=O)c1cccc(Cl)c1)C1CCN(CCc2ccccn2)CC1. The Kier molecular flexibility index (Phi) is 8.43. The summed E-state index contributed by atoms with van der Waals surface area (Å²) < 4.78 is 27.1. The van der Waals surface area contributed by atoms with Gasteiger partial charge in [-0.1, -0.05) is 23.7 Å². The molecule has 0 atom stereocenters. The van der Waals surface area contributed by atoms with Crippen LogP contribution in [0.4, 0.5) is 0 Å². The van der Waals surface area contributed by atoms with Crippen LogP contribution in [0.3, 0.4) is 0 Å². The number of nitrogens with one attached hydrogen (secondary N) is 1. The summed E-state index contributed by atoms with van der Waals surface area (Å²) in [6, 6.07) is 12.2. The van der Waals surface area contributed by atoms with Crippen LogP contribution < -0.4 is 4.72 Å². The van der Waals surface area contributed by atoms with E-state index >= 15 is 0 Å². The van der Waals surface area contributed by atoms with Crippen molar-refractivity contribution < 1.29 is 13.2 Å². The van der Waals surface area contributed by atoms with Gasteiger partial charge in [0.05, 0.1) is 4.90 Å². The molecule has 168 valence electrons. The van der Waals surface area contributed by atoms with E-state index in [-0.39, 0.29) is 29.8 Å². The van der Waals surface area contributed by atoms with Gasteiger partial charge >= 0.3 is 0 Å². The Hall–Kier alpha value is -2.00. The number of carbonyl (C=O) groups is 1. The highest BCUT2D eigenvalue weighted by Gasteiger charge is 2.25. The molecule has 0 unspecified atom stereocenters. The lowest BCUT2D eigenvalue weighted by molar-refractivity contribution is -0.132. The third kappa shape index (κ3) is 7.00. The Morgan fingerprint density at radius 3 is 2.68 bits per heavy atom. The normalized spacial score (nSPS) is 15.7. The second kappa shape index (κ2) is 11.0. The van der Waals surface area contributed by atoms with Gasteiger partial charge in [0, 0.05) is 69.0 Å². The number of piperidine rings is 1. The van der Waals surface area contributed by atoms with Gasteiger partial charge in [-0.2, -0.15) is 0 Å². The van der Waals surface area contributed by atoms with Crippen LogP contribution in [0.2, 0.25) is 5.02 Å². The summed E-state index contributed by atoms with van der Waals surface area (Å²) >= 11 is 5.86. The third-order valence-corrected chi connectivity index (χ3v) is 7.34. The number of hydrogen-bond acceptors (Lipinski definition) is 5. The quantitative estimate of drug-likeness (QED) is 0.616. The van der Waals surface area contributed by atoms with Crippen molar-refractivity contribution >= 4 is 27.5 Å². The fraction of sp³-hybridized carbons (Fsp3) is 0.455. The van der Waals surface area contributed by atoms with Gasteiger partial charge in [-0.25, -0.2) is 13.1 Å². The van der Waals surface area contributed by atoms with Crippen LogP contribution in [0.1, 0.15) is 25.0 Å². The minimum absolute atomic E-state index is 0.0549. The van der Waals surface area contributed by atoms with E-state index in [2.05, 4.69) is 14.6 Å². The molecule has 1 aliphatic heterocycles. The average Bonchev–Trinajstić information content (AvgIpc) is 2.78. The molecule has 2 aromatic rings. The maximum absolute atomic E-state index is 12.6. The zero-order valence-electron chi connectivity index (χ0n) is 17.7. The van der Waals surface area contributed by atoms with Crippen molar-refractivity contribution in [3.05, 3.63) is 59.4 Å². The Morgan fingerprint density at radius 2 is 2.00 bits per heavy atom. The molecule has 1 amide bonds. The minimum Gasteiger partial charge on any atom is -0.343 e. The molecule has 7 nitrogen and oxygen atoms in total. The monoisotopic (exact) mass is 464 g/mol. The maximum Gasteiger partial charge on any atom is 0.240 e. The number of hydrogen-bond donors (Lipinski definition) is 1. The number of amides is 1. The molecule has 0 saturated carbocycles. The maximum atomic E-state index is 12.6. The standard InChI is InChI=1S/C22H29ClN4O3S/c1-26(20-10-15-27(16-11-20)14-9-19-6-2-3-12-24-19)22(28)8-13-25-31(29,30)21-7-4-5-18(23)17-21/h2-7,12,17,20,25H,8-11,13-16H2,1H3. The lowest BCUT2D eigenvalue weighted by Crippen LogP contribution is -2.46. The summed E-state index contributed by atoms with van der Waals surface area (Å²) in [6.45, 7) is 2.90. The van der Waals surface area contributed by atoms with E-state index in [0.29, 0.717) is 5.02 Å². The molecule has 9 heteroatoms. The molecule has 2 heterocycles. The molecule has 0 bridgehead atoms. The lowest BCUT2D eigenvalue weighted by Gasteiger charge is -2.36. The molecular weight excluding hydrogens is 436 g/mol. The Labute approximate surface area is 189 Å². The van der Waals surface area contributed by atoms with Crippen LogP contribution in [0.5, 0.6) is 0 Å². The summed E-state index contributed by atoms with van der Waals surface area (Å²) in [7, 11) is -1.87. The van der Waals surface area contributed by atoms with Crippen LogP contribution in [0, 0.1) is 0 Å². The number of nitrogens with zero attached hydrogens (tertiary/aromatic N) is 3. The molecule has 1 fully saturated rings. The highest BCUT2D eigenvalue weighted by Crippen LogP contribution is 2.17. The first-order valence-corrected chi connectivity index (χ1v) is 12.3. The first-order valence-electron chi connectivity index (χ1n) is 10.5. The van der Waals surface area contributed by atoms with Crippen molar-refractivity contribution in [2.75, 3.05) is 33.2 Å². The van der Waals surface area contributed by atoms with E-state index in [1.165, 1.54) is 12.1 Å². The van der Waals surface area contributed by atoms with E-state index in [4.69, 9.17) is 11.6 Å². The number of benzene rings is 1. The number of carbonyl (C=O) groups excluding carboxylic acids is 1. The highest BCUT2D eigenvalue weighted by molar-refractivity contribution is 7.89. The second-order valence-corrected chi connectivity index (χ2v) is 9.96. The van der Waals surface area contributed by atoms with Gasteiger partial charge in [-0.3, -0.25) is 9.78 Å². The average molecular weight is 465 g/mol. The fourth-order valence-corrected chi connectivity index (χ4v) is 5.07. The molecule has 1 aromatic carbocycles. The first kappa shape index (κ1) is 23.7. The molecule has 0 spiro atoms. The molecule has 31 heavy (non-hydrogen) atoms. The van der Waals surface area contributed by atoms with Gasteiger partial charge in [0.15, 0.2) is 0 Å². The molecule has 1 saturated heterocycles. The number of likely N-dealkylation sites (tertiary alicyclic amines) is 1. The van der Waals surface area contributed by atoms with Crippen molar-refractivity contribution in [3.63, 3.8) is 0 Å². The number of aromatic nitrogens is 1. The Bertz CT molecular complexity index is 964. The summed E-state index contributed by atoms with van der Waals surface area (Å²) in [5.41, 5.74) is 1.09. The number of rotatable bonds is 9. The van der Waals surface area contributed by atoms with Gasteiger partial charge in [-0.15, -0.1) is 0 Å². The summed E-state index contributed by atoms with van der Waals surface area (Å²) in [6.07, 6.45) is 4.69. The van der Waals surface area contributed by atoms with E-state index < -0.39 is 10.0 Å². The predicted octanol–water partition coefficient (Wildman–Crippen LogP) is 2.57. The van der Waals surface area contributed by atoms with Crippen LogP contribution >= 0.6 is 11.6 Å². The molecule has 1 aliphatic rings. The molecular formula is C22H29ClN4O3S. The molecule has 3 rings (SSSR count). The second-order valence-electron chi connectivity index (χ2n) is 7.75. The topological polar surface area (TPSA) is 82.6 Å². The fourth-order valence-electron chi connectivity index (χ4n) is 3.74. The largest absolute Gasteiger partial charge is 0.343 e. The van der Waals surface area contributed by atoms with Gasteiger partial charge < -0.3 is 9.80 Å². The van der Waals surface area contributed by atoms with Crippen molar-refractivity contribution in [2.24, 2.45) is 0 Å². The first-order chi connectivity index (χ1) is 14.8. The lowest BCUT2D eigenvalue weighted by atomic mass is 10.0. The number of pyridine rings is 1. The van der Waals surface area contributed by atoms with E-state index in [1.807, 2.05) is 31.4 Å². The summed E-state index contributed by atoms with van der Waals surface area (Å²) in [4.78, 5) is 21.2. The van der Waals surface area contributed by atoms with E-state index in [0.717, 1.165) is 44.6 Å². The van der Waals surface area contributed by atoms with Crippen molar-refractivity contribution in [1.82, 2.24) is 19.5 Å². The number of sulfonamides is 1. The Morgan fingerprint density at radius 1 is 1.23 bits per heavy atom. The smallest absolute Gasteiger partial charge is 0.240 e. The van der Waals surface area contributed by atoms with Crippen LogP contribution in [-0.2, 0) is 21.2 Å². The molecule has 0 radical (unpaired) electrons. The van der Waals surface area contributed by atoms with Gasteiger partial charge in [0.25, 0.3) is 0 Å². The Balaban J connectivity index is 1.39. The van der Waals surface area contributed by atoms with Crippen LogP contribution in [0.15, 0.2) is 53.6 Å².